The van der Waals surface area contributed by atoms with Gasteiger partial charge in [-0.2, -0.15) is 13.2 Å². The molecule has 0 saturated carbocycles. The molecule has 3 atom stereocenters. The van der Waals surface area contributed by atoms with Gasteiger partial charge in [-0.3, -0.25) is 9.59 Å². The number of rotatable bonds is 3. The van der Waals surface area contributed by atoms with Gasteiger partial charge in [-0.1, -0.05) is 0 Å². The molecule has 0 aliphatic carbocycles. The van der Waals surface area contributed by atoms with Gasteiger partial charge >= 0.3 is 19.2 Å². The van der Waals surface area contributed by atoms with Crippen molar-refractivity contribution in [3.05, 3.63) is 0 Å². The van der Waals surface area contributed by atoms with Crippen molar-refractivity contribution in [3.8, 4) is 0 Å². The second-order valence-corrected chi connectivity index (χ2v) is 4.85. The van der Waals surface area contributed by atoms with Gasteiger partial charge < -0.3 is 20.3 Å². The van der Waals surface area contributed by atoms with Gasteiger partial charge in [0.05, 0.1) is 5.94 Å². The molecule has 1 heterocycles. The zero-order valence-electron chi connectivity index (χ0n) is 11.0. The number of halogens is 3. The van der Waals surface area contributed by atoms with Crippen LogP contribution in [0.25, 0.3) is 0 Å². The minimum atomic E-state index is -5.07. The molecule has 10 heteroatoms. The summed E-state index contributed by atoms with van der Waals surface area (Å²) in [4.78, 5) is 24.0. The van der Waals surface area contributed by atoms with Crippen LogP contribution >= 0.6 is 0 Å². The smallest absolute Gasteiger partial charge is 0.426 e. The van der Waals surface area contributed by atoms with E-state index in [0.717, 1.165) is 11.8 Å². The molecule has 0 spiro atoms. The molecule has 1 saturated heterocycles. The van der Waals surface area contributed by atoms with E-state index < -0.39 is 37.1 Å². The molecule has 6 nitrogen and oxygen atoms in total. The highest BCUT2D eigenvalue weighted by atomic mass is 19.4. The summed E-state index contributed by atoms with van der Waals surface area (Å²) >= 11 is 0. The van der Waals surface area contributed by atoms with Crippen molar-refractivity contribution < 1.29 is 32.8 Å². The number of hydrogen-bond acceptors (Lipinski definition) is 4. The van der Waals surface area contributed by atoms with Gasteiger partial charge in [0.15, 0.2) is 0 Å². The summed E-state index contributed by atoms with van der Waals surface area (Å²) in [6, 6.07) is -1.73. The molecule has 1 fully saturated rings. The van der Waals surface area contributed by atoms with Crippen LogP contribution in [0.15, 0.2) is 0 Å². The number of likely N-dealkylation sites (tertiary alicyclic amines) is 1. The van der Waals surface area contributed by atoms with Gasteiger partial charge in [-0.05, 0) is 26.7 Å². The SMILES string of the molecule is CC1CCC(B(O)O)N1C(=O)[C@@H](C)NC(=O)C(F)(F)F. The molecule has 0 bridgehead atoms. The van der Waals surface area contributed by atoms with Gasteiger partial charge in [0, 0.05) is 6.04 Å². The van der Waals surface area contributed by atoms with Crippen LogP contribution < -0.4 is 5.32 Å². The van der Waals surface area contributed by atoms with E-state index in [1.807, 2.05) is 0 Å². The number of amides is 2. The fourth-order valence-electron chi connectivity index (χ4n) is 2.25. The maximum absolute atomic E-state index is 12.1. The fourth-order valence-corrected chi connectivity index (χ4v) is 2.25. The van der Waals surface area contributed by atoms with Crippen LogP contribution in [0.4, 0.5) is 13.2 Å². The van der Waals surface area contributed by atoms with Gasteiger partial charge in [0.25, 0.3) is 0 Å². The number of alkyl halides is 3. The van der Waals surface area contributed by atoms with Crippen molar-refractivity contribution in [1.29, 1.82) is 0 Å². The summed E-state index contributed by atoms with van der Waals surface area (Å²) in [5, 5.41) is 19.9. The first kappa shape index (κ1) is 16.8. The molecule has 2 unspecified atom stereocenters. The van der Waals surface area contributed by atoms with Gasteiger partial charge in [0.1, 0.15) is 6.04 Å². The summed E-state index contributed by atoms with van der Waals surface area (Å²) in [5.74, 6) is -3.85. The van der Waals surface area contributed by atoms with E-state index in [9.17, 15) is 32.8 Å². The first-order valence-corrected chi connectivity index (χ1v) is 6.11. The standard InChI is InChI=1S/C10H16BF3N2O4/c1-5-3-4-7(11(19)20)16(5)8(17)6(2)15-9(18)10(12,13)14/h5-7,19-20H,3-4H2,1-2H3,(H,15,18)/t5?,6-,7?/m1/s1. The Morgan fingerprint density at radius 2 is 1.90 bits per heavy atom. The number of carbonyl (C=O) groups excluding carboxylic acids is 2. The van der Waals surface area contributed by atoms with Crippen LogP contribution in [-0.4, -0.2) is 58.1 Å². The highest BCUT2D eigenvalue weighted by Crippen LogP contribution is 2.25. The zero-order valence-corrected chi connectivity index (χ0v) is 11.0. The van der Waals surface area contributed by atoms with E-state index in [-0.39, 0.29) is 6.04 Å². The molecule has 2 amide bonds. The molecular weight excluding hydrogens is 280 g/mol. The van der Waals surface area contributed by atoms with Gasteiger partial charge in [-0.15, -0.1) is 0 Å². The van der Waals surface area contributed by atoms with Crippen LogP contribution in [0.5, 0.6) is 0 Å². The number of carbonyl (C=O) groups is 2. The van der Waals surface area contributed by atoms with E-state index in [2.05, 4.69) is 0 Å². The Bertz CT molecular complexity index is 391. The Kier molecular flexibility index (Phi) is 5.03. The molecule has 1 rings (SSSR count). The Morgan fingerprint density at radius 3 is 2.35 bits per heavy atom. The van der Waals surface area contributed by atoms with Crippen molar-refractivity contribution in [2.45, 2.75) is 50.9 Å². The molecule has 1 aliphatic heterocycles. The fraction of sp³-hybridized carbons (Fsp3) is 0.800. The van der Waals surface area contributed by atoms with E-state index >= 15 is 0 Å². The van der Waals surface area contributed by atoms with Crippen molar-refractivity contribution in [2.24, 2.45) is 0 Å². The predicted octanol–water partition coefficient (Wildman–Crippen LogP) is -0.555. The Labute approximate surface area is 114 Å². The van der Waals surface area contributed by atoms with Crippen LogP contribution in [0.1, 0.15) is 26.7 Å². The molecular formula is C10H16BF3N2O4. The van der Waals surface area contributed by atoms with E-state index in [4.69, 9.17) is 0 Å². The van der Waals surface area contributed by atoms with Crippen molar-refractivity contribution in [1.82, 2.24) is 10.2 Å². The maximum Gasteiger partial charge on any atom is 0.475 e. The third-order valence-electron chi connectivity index (χ3n) is 3.29. The normalized spacial score (nSPS) is 24.4. The molecule has 3 N–H and O–H groups in total. The average Bonchev–Trinajstić information content (AvgIpc) is 2.68. The molecule has 20 heavy (non-hydrogen) atoms. The zero-order chi connectivity index (χ0) is 15.7. The van der Waals surface area contributed by atoms with Crippen molar-refractivity contribution in [2.75, 3.05) is 0 Å². The van der Waals surface area contributed by atoms with Crippen LogP contribution in [0, 0.1) is 0 Å². The monoisotopic (exact) mass is 296 g/mol. The molecule has 0 aromatic heterocycles. The Morgan fingerprint density at radius 1 is 1.35 bits per heavy atom. The third-order valence-corrected chi connectivity index (χ3v) is 3.29. The quantitative estimate of drug-likeness (QED) is 0.609. The minimum absolute atomic E-state index is 0.334. The maximum atomic E-state index is 12.1. The lowest BCUT2D eigenvalue weighted by atomic mass is 9.78. The van der Waals surface area contributed by atoms with Crippen LogP contribution in [-0.2, 0) is 9.59 Å². The van der Waals surface area contributed by atoms with Crippen molar-refractivity contribution >= 4 is 18.9 Å². The number of hydrogen-bond donors (Lipinski definition) is 3. The summed E-state index contributed by atoms with van der Waals surface area (Å²) in [5.41, 5.74) is 0. The van der Waals surface area contributed by atoms with E-state index in [0.29, 0.717) is 12.8 Å². The number of nitrogens with zero attached hydrogens (tertiary/aromatic N) is 1. The molecule has 1 aliphatic rings. The summed E-state index contributed by atoms with van der Waals surface area (Å²) in [6.45, 7) is 2.77. The van der Waals surface area contributed by atoms with Crippen LogP contribution in [0.2, 0.25) is 0 Å². The largest absolute Gasteiger partial charge is 0.475 e. The average molecular weight is 296 g/mol. The summed E-state index contributed by atoms with van der Waals surface area (Å²) < 4.78 is 36.3. The lowest BCUT2D eigenvalue weighted by Gasteiger charge is -2.31. The van der Waals surface area contributed by atoms with Gasteiger partial charge in [-0.25, -0.2) is 0 Å². The molecule has 0 aromatic rings. The van der Waals surface area contributed by atoms with Crippen LogP contribution in [0.3, 0.4) is 0 Å². The first-order valence-electron chi connectivity index (χ1n) is 6.11. The number of nitrogens with one attached hydrogen (secondary N) is 1. The van der Waals surface area contributed by atoms with Gasteiger partial charge in [0.2, 0.25) is 5.91 Å². The third kappa shape index (κ3) is 3.63. The highest BCUT2D eigenvalue weighted by molar-refractivity contribution is 6.43. The van der Waals surface area contributed by atoms with E-state index in [1.165, 1.54) is 0 Å². The molecule has 0 radical (unpaired) electrons. The topological polar surface area (TPSA) is 89.9 Å². The second-order valence-electron chi connectivity index (χ2n) is 4.85. The predicted molar refractivity (Wildman–Crippen MR) is 63.2 cm³/mol. The van der Waals surface area contributed by atoms with Crippen molar-refractivity contribution in [3.63, 3.8) is 0 Å². The molecule has 114 valence electrons. The second kappa shape index (κ2) is 6.00. The highest BCUT2D eigenvalue weighted by Gasteiger charge is 2.44. The summed E-state index contributed by atoms with van der Waals surface area (Å²) in [7, 11) is -1.77. The minimum Gasteiger partial charge on any atom is -0.426 e. The Hall–Kier alpha value is -1.29. The lowest BCUT2D eigenvalue weighted by molar-refractivity contribution is -0.175. The lowest BCUT2D eigenvalue weighted by Crippen LogP contribution is -2.56. The summed E-state index contributed by atoms with van der Waals surface area (Å²) in [6.07, 6.45) is -4.22. The van der Waals surface area contributed by atoms with E-state index in [1.54, 1.807) is 12.2 Å². The Balaban J connectivity index is 2.75. The first-order chi connectivity index (χ1) is 9.05. The molecule has 0 aromatic carbocycles.